The zero-order chi connectivity index (χ0) is 11.5. The highest BCUT2D eigenvalue weighted by molar-refractivity contribution is 7.88. The highest BCUT2D eigenvalue weighted by atomic mass is 32.2. The third kappa shape index (κ3) is 4.09. The molecule has 1 saturated carbocycles. The van der Waals surface area contributed by atoms with E-state index in [0.717, 1.165) is 25.2 Å². The van der Waals surface area contributed by atoms with Gasteiger partial charge in [0, 0.05) is 6.54 Å². The molecule has 0 spiro atoms. The summed E-state index contributed by atoms with van der Waals surface area (Å²) in [6, 6.07) is 0. The van der Waals surface area contributed by atoms with Crippen molar-refractivity contribution >= 4 is 10.0 Å². The van der Waals surface area contributed by atoms with E-state index in [1.54, 1.807) is 0 Å². The summed E-state index contributed by atoms with van der Waals surface area (Å²) < 4.78 is 24.4. The van der Waals surface area contributed by atoms with Crippen LogP contribution in [-0.4, -0.2) is 27.8 Å². The van der Waals surface area contributed by atoms with Crippen molar-refractivity contribution in [3.63, 3.8) is 0 Å². The van der Waals surface area contributed by atoms with E-state index in [4.69, 9.17) is 5.73 Å². The van der Waals surface area contributed by atoms with Gasteiger partial charge in [0.2, 0.25) is 10.0 Å². The van der Waals surface area contributed by atoms with Gasteiger partial charge >= 0.3 is 0 Å². The van der Waals surface area contributed by atoms with Gasteiger partial charge in [-0.15, -0.1) is 0 Å². The number of nitrogens with two attached hydrogens (primary N) is 1. The SMILES string of the molecule is C[C@H]1CC[C@@](CN)(CCNS(C)(=O)=O)C1. The predicted octanol–water partition coefficient (Wildman–Crippen LogP) is 0.691. The van der Waals surface area contributed by atoms with Crippen LogP contribution in [0, 0.1) is 11.3 Å². The van der Waals surface area contributed by atoms with E-state index in [1.165, 1.54) is 12.7 Å². The Morgan fingerprint density at radius 2 is 2.20 bits per heavy atom. The fraction of sp³-hybridized carbons (Fsp3) is 1.00. The van der Waals surface area contributed by atoms with Crippen LogP contribution < -0.4 is 10.5 Å². The molecule has 15 heavy (non-hydrogen) atoms. The maximum atomic E-state index is 10.9. The van der Waals surface area contributed by atoms with Crippen molar-refractivity contribution in [2.24, 2.45) is 17.1 Å². The second kappa shape index (κ2) is 4.80. The summed E-state index contributed by atoms with van der Waals surface area (Å²) in [6.07, 6.45) is 5.54. The van der Waals surface area contributed by atoms with Gasteiger partial charge in [-0.1, -0.05) is 13.3 Å². The molecule has 1 aliphatic carbocycles. The van der Waals surface area contributed by atoms with Crippen LogP contribution in [0.4, 0.5) is 0 Å². The van der Waals surface area contributed by atoms with Crippen LogP contribution in [0.3, 0.4) is 0 Å². The lowest BCUT2D eigenvalue weighted by Crippen LogP contribution is -2.33. The summed E-state index contributed by atoms with van der Waals surface area (Å²) in [7, 11) is -3.06. The molecule has 0 aromatic rings. The maximum Gasteiger partial charge on any atom is 0.208 e. The van der Waals surface area contributed by atoms with Crippen molar-refractivity contribution in [1.82, 2.24) is 4.72 Å². The molecular formula is C10H22N2O2S. The number of hydrogen-bond acceptors (Lipinski definition) is 3. The molecule has 90 valence electrons. The van der Waals surface area contributed by atoms with Crippen molar-refractivity contribution in [3.05, 3.63) is 0 Å². The summed E-state index contributed by atoms with van der Waals surface area (Å²) >= 11 is 0. The third-order valence-corrected chi connectivity index (χ3v) is 4.13. The van der Waals surface area contributed by atoms with Crippen molar-refractivity contribution in [2.75, 3.05) is 19.3 Å². The Labute approximate surface area is 92.7 Å². The van der Waals surface area contributed by atoms with E-state index in [9.17, 15) is 8.42 Å². The highest BCUT2D eigenvalue weighted by Crippen LogP contribution is 2.43. The molecule has 0 saturated heterocycles. The molecule has 0 heterocycles. The summed E-state index contributed by atoms with van der Waals surface area (Å²) in [5.41, 5.74) is 5.98. The number of hydrogen-bond donors (Lipinski definition) is 2. The Balaban J connectivity index is 2.41. The molecule has 0 radical (unpaired) electrons. The average molecular weight is 234 g/mol. The van der Waals surface area contributed by atoms with Crippen molar-refractivity contribution < 1.29 is 8.42 Å². The third-order valence-electron chi connectivity index (χ3n) is 3.40. The predicted molar refractivity (Wildman–Crippen MR) is 62.0 cm³/mol. The molecule has 0 aromatic carbocycles. The van der Waals surface area contributed by atoms with E-state index in [-0.39, 0.29) is 5.41 Å². The van der Waals surface area contributed by atoms with Crippen LogP contribution in [0.25, 0.3) is 0 Å². The maximum absolute atomic E-state index is 10.9. The summed E-state index contributed by atoms with van der Waals surface area (Å²) in [4.78, 5) is 0. The second-order valence-electron chi connectivity index (χ2n) is 4.97. The van der Waals surface area contributed by atoms with E-state index >= 15 is 0 Å². The zero-order valence-corrected chi connectivity index (χ0v) is 10.4. The largest absolute Gasteiger partial charge is 0.330 e. The molecule has 0 unspecified atom stereocenters. The molecule has 1 aliphatic rings. The average Bonchev–Trinajstić information content (AvgIpc) is 2.46. The van der Waals surface area contributed by atoms with Gasteiger partial charge in [0.05, 0.1) is 6.26 Å². The summed E-state index contributed by atoms with van der Waals surface area (Å²) in [6.45, 7) is 3.42. The molecule has 1 rings (SSSR count). The molecule has 0 aliphatic heterocycles. The molecular weight excluding hydrogens is 212 g/mol. The lowest BCUT2D eigenvalue weighted by atomic mass is 9.82. The van der Waals surface area contributed by atoms with Crippen LogP contribution in [-0.2, 0) is 10.0 Å². The van der Waals surface area contributed by atoms with Gasteiger partial charge in [-0.25, -0.2) is 13.1 Å². The molecule has 0 aromatic heterocycles. The molecule has 3 N–H and O–H groups in total. The normalized spacial score (nSPS) is 32.1. The Morgan fingerprint density at radius 3 is 2.60 bits per heavy atom. The van der Waals surface area contributed by atoms with Gasteiger partial charge in [-0.3, -0.25) is 0 Å². The van der Waals surface area contributed by atoms with E-state index in [2.05, 4.69) is 11.6 Å². The molecule has 4 nitrogen and oxygen atoms in total. The van der Waals surface area contributed by atoms with Crippen LogP contribution in [0.1, 0.15) is 32.6 Å². The van der Waals surface area contributed by atoms with Gasteiger partial charge in [-0.05, 0) is 37.1 Å². The van der Waals surface area contributed by atoms with Crippen molar-refractivity contribution in [3.8, 4) is 0 Å². The summed E-state index contributed by atoms with van der Waals surface area (Å²) in [5.74, 6) is 0.729. The lowest BCUT2D eigenvalue weighted by molar-refractivity contribution is 0.275. The van der Waals surface area contributed by atoms with Gasteiger partial charge < -0.3 is 5.73 Å². The van der Waals surface area contributed by atoms with Crippen molar-refractivity contribution in [2.45, 2.75) is 32.6 Å². The first-order valence-corrected chi connectivity index (χ1v) is 7.41. The first-order chi connectivity index (χ1) is 6.87. The Bertz CT molecular complexity index is 303. The second-order valence-corrected chi connectivity index (χ2v) is 6.80. The van der Waals surface area contributed by atoms with Gasteiger partial charge in [-0.2, -0.15) is 0 Å². The molecule has 0 bridgehead atoms. The van der Waals surface area contributed by atoms with E-state index in [1.807, 2.05) is 0 Å². The molecule has 0 amide bonds. The molecule has 5 heteroatoms. The van der Waals surface area contributed by atoms with Crippen LogP contribution >= 0.6 is 0 Å². The number of sulfonamides is 1. The molecule has 1 fully saturated rings. The fourth-order valence-electron chi connectivity index (χ4n) is 2.51. The number of rotatable bonds is 5. The van der Waals surface area contributed by atoms with Gasteiger partial charge in [0.25, 0.3) is 0 Å². The van der Waals surface area contributed by atoms with Crippen LogP contribution in [0.5, 0.6) is 0 Å². The minimum absolute atomic E-state index is 0.178. The van der Waals surface area contributed by atoms with Gasteiger partial charge in [0.1, 0.15) is 0 Å². The minimum atomic E-state index is -3.06. The Kier molecular flexibility index (Phi) is 4.14. The van der Waals surface area contributed by atoms with Crippen molar-refractivity contribution in [1.29, 1.82) is 0 Å². The first kappa shape index (κ1) is 12.9. The minimum Gasteiger partial charge on any atom is -0.330 e. The zero-order valence-electron chi connectivity index (χ0n) is 9.62. The summed E-state index contributed by atoms with van der Waals surface area (Å²) in [5, 5.41) is 0. The highest BCUT2D eigenvalue weighted by Gasteiger charge is 2.35. The van der Waals surface area contributed by atoms with Gasteiger partial charge in [0.15, 0.2) is 0 Å². The van der Waals surface area contributed by atoms with E-state index < -0.39 is 10.0 Å². The quantitative estimate of drug-likeness (QED) is 0.735. The standard InChI is InChI=1S/C10H22N2O2S/c1-9-3-4-10(7-9,8-11)5-6-12-15(2,13)14/h9,12H,3-8,11H2,1-2H3/t9-,10+/m0/s1. The Morgan fingerprint density at radius 1 is 1.53 bits per heavy atom. The lowest BCUT2D eigenvalue weighted by Gasteiger charge is -2.27. The fourth-order valence-corrected chi connectivity index (χ4v) is 2.98. The monoisotopic (exact) mass is 234 g/mol. The smallest absolute Gasteiger partial charge is 0.208 e. The van der Waals surface area contributed by atoms with Crippen LogP contribution in [0.2, 0.25) is 0 Å². The Hall–Kier alpha value is -0.130. The number of nitrogens with one attached hydrogen (secondary N) is 1. The van der Waals surface area contributed by atoms with E-state index in [0.29, 0.717) is 13.1 Å². The topological polar surface area (TPSA) is 72.2 Å². The van der Waals surface area contributed by atoms with Crippen LogP contribution in [0.15, 0.2) is 0 Å². The first-order valence-electron chi connectivity index (χ1n) is 5.52. The molecule has 2 atom stereocenters.